The molecular weight excluding hydrogens is 418 g/mol. The molecule has 158 valence electrons. The van der Waals surface area contributed by atoms with E-state index in [1.807, 2.05) is 18.2 Å². The molecule has 3 aliphatic heterocycles. The number of ether oxygens (including phenoxy) is 1. The lowest BCUT2D eigenvalue weighted by molar-refractivity contribution is -0.156. The highest BCUT2D eigenvalue weighted by molar-refractivity contribution is 8.02. The maximum absolute atomic E-state index is 13.3. The van der Waals surface area contributed by atoms with E-state index in [4.69, 9.17) is 4.74 Å². The quantitative estimate of drug-likeness (QED) is 0.742. The summed E-state index contributed by atoms with van der Waals surface area (Å²) in [6.45, 7) is 1.33. The second-order valence-corrected chi connectivity index (χ2v) is 8.94. The molecule has 9 heteroatoms. The number of carbonyl (C=O) groups excluding carboxylic acids is 4. The van der Waals surface area contributed by atoms with Crippen molar-refractivity contribution in [3.05, 3.63) is 48.5 Å². The number of benzene rings is 2. The SMILES string of the molecule is C[C@@H](OC(=O)[C@@]12CCC(=O)N1c1ccccc1S2)C(=O)N1CC(=O)Nc2ccccc21. The van der Waals surface area contributed by atoms with Gasteiger partial charge in [0.25, 0.3) is 5.91 Å². The van der Waals surface area contributed by atoms with Crippen LogP contribution >= 0.6 is 11.8 Å². The third-order valence-electron chi connectivity index (χ3n) is 5.66. The molecule has 0 aromatic heterocycles. The Morgan fingerprint density at radius 2 is 1.81 bits per heavy atom. The molecule has 2 aromatic carbocycles. The summed E-state index contributed by atoms with van der Waals surface area (Å²) in [6, 6.07) is 14.3. The molecular formula is C22H19N3O5S. The zero-order valence-electron chi connectivity index (χ0n) is 16.7. The van der Waals surface area contributed by atoms with Gasteiger partial charge in [0.2, 0.25) is 11.8 Å². The van der Waals surface area contributed by atoms with Gasteiger partial charge in [0.1, 0.15) is 6.54 Å². The van der Waals surface area contributed by atoms with E-state index in [1.54, 1.807) is 30.3 Å². The second-order valence-electron chi connectivity index (χ2n) is 7.62. The molecule has 0 bridgehead atoms. The molecule has 0 aliphatic carbocycles. The molecule has 31 heavy (non-hydrogen) atoms. The molecule has 0 radical (unpaired) electrons. The fourth-order valence-corrected chi connectivity index (χ4v) is 5.63. The van der Waals surface area contributed by atoms with Crippen LogP contribution in [0.4, 0.5) is 17.1 Å². The first kappa shape index (κ1) is 19.6. The van der Waals surface area contributed by atoms with Crippen molar-refractivity contribution < 1.29 is 23.9 Å². The smallest absolute Gasteiger partial charge is 0.344 e. The Hall–Kier alpha value is -3.33. The van der Waals surface area contributed by atoms with Crippen molar-refractivity contribution in [2.45, 2.75) is 35.6 Å². The Balaban J connectivity index is 1.38. The van der Waals surface area contributed by atoms with Gasteiger partial charge in [-0.05, 0) is 31.2 Å². The van der Waals surface area contributed by atoms with Gasteiger partial charge in [0, 0.05) is 17.7 Å². The number of carbonyl (C=O) groups is 4. The third-order valence-corrected chi connectivity index (χ3v) is 7.12. The van der Waals surface area contributed by atoms with Gasteiger partial charge in [0.15, 0.2) is 11.0 Å². The molecule has 2 atom stereocenters. The lowest BCUT2D eigenvalue weighted by atomic mass is 10.1. The monoisotopic (exact) mass is 437 g/mol. The zero-order valence-corrected chi connectivity index (χ0v) is 17.5. The number of nitrogens with one attached hydrogen (secondary N) is 1. The van der Waals surface area contributed by atoms with Crippen LogP contribution in [0.2, 0.25) is 0 Å². The molecule has 0 unspecified atom stereocenters. The van der Waals surface area contributed by atoms with Crippen LogP contribution in [-0.4, -0.2) is 41.2 Å². The average molecular weight is 437 g/mol. The number of hydrogen-bond acceptors (Lipinski definition) is 6. The van der Waals surface area contributed by atoms with Gasteiger partial charge in [-0.2, -0.15) is 0 Å². The number of nitrogens with zero attached hydrogens (tertiary/aromatic N) is 2. The molecule has 3 heterocycles. The number of fused-ring (bicyclic) bond motifs is 4. The standard InChI is InChI=1S/C22H19N3O5S/c1-13(20(28)24-12-18(26)23-14-6-2-3-7-15(14)24)30-21(29)22-11-10-19(27)25(22)16-8-4-5-9-17(16)31-22/h2-9,13H,10-12H2,1H3,(H,23,26)/t13-,22+/m1/s1. The molecule has 3 amide bonds. The highest BCUT2D eigenvalue weighted by Crippen LogP contribution is 2.56. The Morgan fingerprint density at radius 3 is 2.61 bits per heavy atom. The number of rotatable bonds is 3. The number of esters is 1. The summed E-state index contributed by atoms with van der Waals surface area (Å²) in [5.41, 5.74) is 1.76. The molecule has 5 rings (SSSR count). The van der Waals surface area contributed by atoms with Crippen LogP contribution in [0.1, 0.15) is 19.8 Å². The van der Waals surface area contributed by atoms with E-state index in [-0.39, 0.29) is 24.8 Å². The Kier molecular flexibility index (Phi) is 4.51. The van der Waals surface area contributed by atoms with Crippen molar-refractivity contribution >= 4 is 52.5 Å². The van der Waals surface area contributed by atoms with Crippen molar-refractivity contribution in [3.63, 3.8) is 0 Å². The molecule has 8 nitrogen and oxygen atoms in total. The van der Waals surface area contributed by atoms with Gasteiger partial charge >= 0.3 is 5.97 Å². The van der Waals surface area contributed by atoms with Gasteiger partial charge in [0.05, 0.1) is 17.1 Å². The van der Waals surface area contributed by atoms with Crippen molar-refractivity contribution in [2.75, 3.05) is 21.7 Å². The van der Waals surface area contributed by atoms with Crippen molar-refractivity contribution in [2.24, 2.45) is 0 Å². The first-order chi connectivity index (χ1) is 14.9. The van der Waals surface area contributed by atoms with Crippen LogP contribution in [0.5, 0.6) is 0 Å². The van der Waals surface area contributed by atoms with Crippen LogP contribution < -0.4 is 15.1 Å². The molecule has 1 N–H and O–H groups in total. The van der Waals surface area contributed by atoms with E-state index in [0.29, 0.717) is 23.5 Å². The minimum Gasteiger partial charge on any atom is -0.450 e. The summed E-state index contributed by atoms with van der Waals surface area (Å²) in [5, 5.41) is 2.73. The summed E-state index contributed by atoms with van der Waals surface area (Å²) in [7, 11) is 0. The number of anilines is 3. The van der Waals surface area contributed by atoms with E-state index in [2.05, 4.69) is 5.32 Å². The highest BCUT2D eigenvalue weighted by Gasteiger charge is 2.59. The van der Waals surface area contributed by atoms with Gasteiger partial charge < -0.3 is 10.1 Å². The van der Waals surface area contributed by atoms with Crippen LogP contribution in [-0.2, 0) is 23.9 Å². The normalized spacial score (nSPS) is 22.4. The molecule has 1 saturated heterocycles. The molecule has 0 saturated carbocycles. The average Bonchev–Trinajstić information content (AvgIpc) is 3.28. The fraction of sp³-hybridized carbons (Fsp3) is 0.273. The Morgan fingerprint density at radius 1 is 1.10 bits per heavy atom. The lowest BCUT2D eigenvalue weighted by Gasteiger charge is -2.33. The summed E-state index contributed by atoms with van der Waals surface area (Å²) >= 11 is 1.29. The lowest BCUT2D eigenvalue weighted by Crippen LogP contribution is -2.51. The maximum atomic E-state index is 13.3. The Labute approximate surface area is 182 Å². The number of para-hydroxylation sites is 3. The summed E-state index contributed by atoms with van der Waals surface area (Å²) in [4.78, 5) is 53.4. The van der Waals surface area contributed by atoms with Crippen LogP contribution in [0.3, 0.4) is 0 Å². The van der Waals surface area contributed by atoms with Crippen LogP contribution in [0.25, 0.3) is 0 Å². The number of hydrogen-bond donors (Lipinski definition) is 1. The van der Waals surface area contributed by atoms with Crippen molar-refractivity contribution in [1.29, 1.82) is 0 Å². The number of thioether (sulfide) groups is 1. The Bertz CT molecular complexity index is 1140. The van der Waals surface area contributed by atoms with Gasteiger partial charge in [-0.3, -0.25) is 24.2 Å². The van der Waals surface area contributed by atoms with E-state index >= 15 is 0 Å². The zero-order chi connectivity index (χ0) is 21.8. The van der Waals surface area contributed by atoms with Gasteiger partial charge in [-0.25, -0.2) is 4.79 Å². The van der Waals surface area contributed by atoms with E-state index in [9.17, 15) is 19.2 Å². The van der Waals surface area contributed by atoms with Crippen LogP contribution in [0, 0.1) is 0 Å². The molecule has 1 fully saturated rings. The molecule has 2 aromatic rings. The second kappa shape index (κ2) is 7.12. The summed E-state index contributed by atoms with van der Waals surface area (Å²) in [6.07, 6.45) is -0.583. The minimum atomic E-state index is -1.20. The van der Waals surface area contributed by atoms with Crippen molar-refractivity contribution in [1.82, 2.24) is 0 Å². The van der Waals surface area contributed by atoms with E-state index in [1.165, 1.54) is 28.5 Å². The topological polar surface area (TPSA) is 96.0 Å². The molecule has 3 aliphatic rings. The van der Waals surface area contributed by atoms with Gasteiger partial charge in [-0.15, -0.1) is 0 Å². The highest BCUT2D eigenvalue weighted by atomic mass is 32.2. The molecule has 0 spiro atoms. The minimum absolute atomic E-state index is 0.144. The first-order valence-electron chi connectivity index (χ1n) is 9.93. The maximum Gasteiger partial charge on any atom is 0.344 e. The third kappa shape index (κ3) is 2.99. The van der Waals surface area contributed by atoms with Crippen molar-refractivity contribution in [3.8, 4) is 0 Å². The first-order valence-corrected chi connectivity index (χ1v) is 10.7. The van der Waals surface area contributed by atoms with E-state index in [0.717, 1.165) is 4.90 Å². The largest absolute Gasteiger partial charge is 0.450 e. The predicted molar refractivity (Wildman–Crippen MR) is 115 cm³/mol. The van der Waals surface area contributed by atoms with Gasteiger partial charge in [-0.1, -0.05) is 36.0 Å². The van der Waals surface area contributed by atoms with E-state index < -0.39 is 22.9 Å². The number of amides is 3. The summed E-state index contributed by atoms with van der Waals surface area (Å²) < 4.78 is 5.61. The van der Waals surface area contributed by atoms with Crippen LogP contribution in [0.15, 0.2) is 53.4 Å². The predicted octanol–water partition coefficient (Wildman–Crippen LogP) is 2.53. The fourth-order valence-electron chi connectivity index (χ4n) is 4.22. The summed E-state index contributed by atoms with van der Waals surface area (Å²) in [5.74, 6) is -1.59.